The topological polar surface area (TPSA) is 12.0 Å². The zero-order valence-corrected chi connectivity index (χ0v) is 9.91. The average molecular weight is 251 g/mol. The molecule has 0 unspecified atom stereocenters. The summed E-state index contributed by atoms with van der Waals surface area (Å²) < 4.78 is 26.0. The lowest BCUT2D eigenvalue weighted by atomic mass is 10.1. The van der Waals surface area contributed by atoms with Crippen molar-refractivity contribution in [3.05, 3.63) is 46.3 Å². The third kappa shape index (κ3) is 1.98. The third-order valence-electron chi connectivity index (χ3n) is 2.95. The Kier molecular flexibility index (Phi) is 2.68. The van der Waals surface area contributed by atoms with Crippen LogP contribution < -0.4 is 5.32 Å². The maximum atomic E-state index is 13.2. The summed E-state index contributed by atoms with van der Waals surface area (Å²) >= 11 is 1.67. The van der Waals surface area contributed by atoms with Gasteiger partial charge in [0.25, 0.3) is 0 Å². The molecule has 0 bridgehead atoms. The molecule has 1 aromatic carbocycles. The van der Waals surface area contributed by atoms with Gasteiger partial charge in [0.15, 0.2) is 11.6 Å². The number of halogens is 2. The van der Waals surface area contributed by atoms with E-state index in [4.69, 9.17) is 0 Å². The molecule has 0 spiro atoms. The smallest absolute Gasteiger partial charge is 0.159 e. The standard InChI is InChI=1S/C13H11F2NS/c14-10-2-1-8(5-11(10)15)13-6-9-7-16-4-3-12(9)17-13/h1-2,5-6,16H,3-4,7H2. The van der Waals surface area contributed by atoms with Gasteiger partial charge in [-0.25, -0.2) is 8.78 Å². The number of nitrogens with one attached hydrogen (secondary N) is 1. The van der Waals surface area contributed by atoms with Crippen molar-refractivity contribution in [2.75, 3.05) is 6.54 Å². The quantitative estimate of drug-likeness (QED) is 0.819. The van der Waals surface area contributed by atoms with E-state index in [9.17, 15) is 8.78 Å². The SMILES string of the molecule is Fc1ccc(-c2cc3c(s2)CCNC3)cc1F. The van der Waals surface area contributed by atoms with Crippen LogP contribution in [0.3, 0.4) is 0 Å². The van der Waals surface area contributed by atoms with Crippen LogP contribution in [-0.2, 0) is 13.0 Å². The predicted octanol–water partition coefficient (Wildman–Crippen LogP) is 3.34. The molecule has 4 heteroatoms. The second kappa shape index (κ2) is 4.20. The largest absolute Gasteiger partial charge is 0.312 e. The van der Waals surface area contributed by atoms with E-state index in [0.29, 0.717) is 0 Å². The highest BCUT2D eigenvalue weighted by molar-refractivity contribution is 7.15. The Labute approximate surface area is 102 Å². The van der Waals surface area contributed by atoms with E-state index in [-0.39, 0.29) is 0 Å². The molecule has 0 radical (unpaired) electrons. The average Bonchev–Trinajstić information content (AvgIpc) is 2.76. The van der Waals surface area contributed by atoms with Crippen LogP contribution in [0.25, 0.3) is 10.4 Å². The van der Waals surface area contributed by atoms with Gasteiger partial charge >= 0.3 is 0 Å². The molecule has 2 aromatic rings. The van der Waals surface area contributed by atoms with Gasteiger partial charge in [-0.15, -0.1) is 11.3 Å². The fourth-order valence-electron chi connectivity index (χ4n) is 2.04. The monoisotopic (exact) mass is 251 g/mol. The number of hydrogen-bond acceptors (Lipinski definition) is 2. The van der Waals surface area contributed by atoms with Crippen LogP contribution in [0.2, 0.25) is 0 Å². The molecular formula is C13H11F2NS. The lowest BCUT2D eigenvalue weighted by Crippen LogP contribution is -2.21. The number of rotatable bonds is 1. The van der Waals surface area contributed by atoms with Crippen molar-refractivity contribution in [1.82, 2.24) is 5.32 Å². The number of benzene rings is 1. The molecule has 0 amide bonds. The number of hydrogen-bond donors (Lipinski definition) is 1. The minimum atomic E-state index is -0.795. The van der Waals surface area contributed by atoms with Crippen LogP contribution >= 0.6 is 11.3 Å². The predicted molar refractivity (Wildman–Crippen MR) is 65.1 cm³/mol. The number of thiophene rings is 1. The van der Waals surface area contributed by atoms with Crippen molar-refractivity contribution in [2.45, 2.75) is 13.0 Å². The molecule has 0 fully saturated rings. The lowest BCUT2D eigenvalue weighted by molar-refractivity contribution is 0.509. The van der Waals surface area contributed by atoms with Gasteiger partial charge in [-0.2, -0.15) is 0 Å². The van der Waals surface area contributed by atoms with E-state index in [1.54, 1.807) is 17.4 Å². The van der Waals surface area contributed by atoms with Crippen LogP contribution in [0.4, 0.5) is 8.78 Å². The Hall–Kier alpha value is -1.26. The Bertz CT molecular complexity index is 539. The summed E-state index contributed by atoms with van der Waals surface area (Å²) in [6, 6.07) is 6.14. The highest BCUT2D eigenvalue weighted by Gasteiger charge is 2.14. The first-order chi connectivity index (χ1) is 8.24. The van der Waals surface area contributed by atoms with Crippen molar-refractivity contribution >= 4 is 11.3 Å². The summed E-state index contributed by atoms with van der Waals surface area (Å²) in [6.07, 6.45) is 1.02. The Balaban J connectivity index is 2.03. The van der Waals surface area contributed by atoms with E-state index in [1.807, 2.05) is 0 Å². The van der Waals surface area contributed by atoms with Crippen LogP contribution in [0.5, 0.6) is 0 Å². The molecule has 88 valence electrons. The van der Waals surface area contributed by atoms with E-state index in [1.165, 1.54) is 22.6 Å². The summed E-state index contributed by atoms with van der Waals surface area (Å²) in [5.41, 5.74) is 2.03. The van der Waals surface area contributed by atoms with E-state index in [0.717, 1.165) is 30.0 Å². The molecule has 0 aliphatic carbocycles. The maximum Gasteiger partial charge on any atom is 0.159 e. The summed E-state index contributed by atoms with van der Waals surface area (Å²) in [4.78, 5) is 2.36. The minimum absolute atomic E-state index is 0.753. The van der Waals surface area contributed by atoms with Crippen molar-refractivity contribution in [3.63, 3.8) is 0 Å². The molecule has 0 atom stereocenters. The van der Waals surface area contributed by atoms with Crippen LogP contribution in [0.1, 0.15) is 10.4 Å². The van der Waals surface area contributed by atoms with Gasteiger partial charge in [-0.3, -0.25) is 0 Å². The fraction of sp³-hybridized carbons (Fsp3) is 0.231. The van der Waals surface area contributed by atoms with Gasteiger partial charge in [0.1, 0.15) is 0 Å². The summed E-state index contributed by atoms with van der Waals surface area (Å²) in [5.74, 6) is -1.58. The Morgan fingerprint density at radius 1 is 1.12 bits per heavy atom. The fourth-order valence-corrected chi connectivity index (χ4v) is 3.22. The van der Waals surface area contributed by atoms with Crippen LogP contribution in [0, 0.1) is 11.6 Å². The van der Waals surface area contributed by atoms with Gasteiger partial charge in [0.2, 0.25) is 0 Å². The summed E-state index contributed by atoms with van der Waals surface area (Å²) in [7, 11) is 0. The maximum absolute atomic E-state index is 13.2. The van der Waals surface area contributed by atoms with Gasteiger partial charge in [0, 0.05) is 22.8 Å². The Morgan fingerprint density at radius 3 is 2.76 bits per heavy atom. The molecular weight excluding hydrogens is 240 g/mol. The second-order valence-corrected chi connectivity index (χ2v) is 5.25. The molecule has 3 rings (SSSR count). The molecule has 0 saturated carbocycles. The van der Waals surface area contributed by atoms with Crippen LogP contribution in [-0.4, -0.2) is 6.54 Å². The third-order valence-corrected chi connectivity index (χ3v) is 4.23. The lowest BCUT2D eigenvalue weighted by Gasteiger charge is -2.10. The highest BCUT2D eigenvalue weighted by atomic mass is 32.1. The van der Waals surface area contributed by atoms with Gasteiger partial charge < -0.3 is 5.32 Å². The molecule has 1 N–H and O–H groups in total. The van der Waals surface area contributed by atoms with E-state index >= 15 is 0 Å². The zero-order chi connectivity index (χ0) is 11.8. The molecule has 1 aromatic heterocycles. The minimum Gasteiger partial charge on any atom is -0.312 e. The zero-order valence-electron chi connectivity index (χ0n) is 9.09. The molecule has 0 saturated heterocycles. The van der Waals surface area contributed by atoms with E-state index in [2.05, 4.69) is 11.4 Å². The van der Waals surface area contributed by atoms with Gasteiger partial charge in [-0.1, -0.05) is 6.07 Å². The normalized spacial score (nSPS) is 14.7. The second-order valence-electron chi connectivity index (χ2n) is 4.11. The molecule has 2 heterocycles. The molecule has 1 aliphatic heterocycles. The van der Waals surface area contributed by atoms with Crippen molar-refractivity contribution in [3.8, 4) is 10.4 Å². The molecule has 1 aliphatic rings. The van der Waals surface area contributed by atoms with Crippen molar-refractivity contribution < 1.29 is 8.78 Å². The molecule has 1 nitrogen and oxygen atoms in total. The first-order valence-corrected chi connectivity index (χ1v) is 6.33. The van der Waals surface area contributed by atoms with Gasteiger partial charge in [-0.05, 0) is 35.7 Å². The Morgan fingerprint density at radius 2 is 2.00 bits per heavy atom. The first-order valence-electron chi connectivity index (χ1n) is 5.52. The first kappa shape index (κ1) is 10.9. The highest BCUT2D eigenvalue weighted by Crippen LogP contribution is 2.33. The van der Waals surface area contributed by atoms with Crippen LogP contribution in [0.15, 0.2) is 24.3 Å². The van der Waals surface area contributed by atoms with Crippen molar-refractivity contribution in [1.29, 1.82) is 0 Å². The van der Waals surface area contributed by atoms with Gasteiger partial charge in [0.05, 0.1) is 0 Å². The molecule has 17 heavy (non-hydrogen) atoms. The van der Waals surface area contributed by atoms with E-state index < -0.39 is 11.6 Å². The summed E-state index contributed by atoms with van der Waals surface area (Å²) in [6.45, 7) is 1.86. The van der Waals surface area contributed by atoms with Crippen molar-refractivity contribution in [2.24, 2.45) is 0 Å². The number of fused-ring (bicyclic) bond motifs is 1. The summed E-state index contributed by atoms with van der Waals surface area (Å²) in [5, 5.41) is 3.30.